The van der Waals surface area contributed by atoms with Crippen LogP contribution in [0.25, 0.3) is 0 Å². The Morgan fingerprint density at radius 3 is 2.64 bits per heavy atom. The van der Waals surface area contributed by atoms with Crippen LogP contribution in [0.1, 0.15) is 41.7 Å². The maximum absolute atomic E-state index is 14.5. The monoisotopic (exact) mass is 464 g/mol. The number of hydrogen-bond acceptors (Lipinski definition) is 6. The van der Waals surface area contributed by atoms with Crippen molar-refractivity contribution >= 4 is 17.6 Å². The molecule has 178 valence electrons. The van der Waals surface area contributed by atoms with Gasteiger partial charge < -0.3 is 14.8 Å². The van der Waals surface area contributed by atoms with E-state index in [9.17, 15) is 28.0 Å². The first-order valence-electron chi connectivity index (χ1n) is 10.8. The van der Waals surface area contributed by atoms with Crippen LogP contribution in [0.5, 0.6) is 0 Å². The summed E-state index contributed by atoms with van der Waals surface area (Å²) < 4.78 is 31.1. The predicted octanol–water partition coefficient (Wildman–Crippen LogP) is 0.491. The Bertz CT molecular complexity index is 1080. The molecule has 1 atom stereocenters. The largest absolute Gasteiger partial charge is 0.354 e. The molecule has 33 heavy (non-hydrogen) atoms. The van der Waals surface area contributed by atoms with Gasteiger partial charge in [0.25, 0.3) is 17.4 Å². The highest BCUT2D eigenvalue weighted by molar-refractivity contribution is 6.36. The van der Waals surface area contributed by atoms with Gasteiger partial charge in [0.2, 0.25) is 5.78 Å². The number of carbonyl (C=O) groups is 3. The Balaban J connectivity index is 1.56. The molecule has 3 rings (SSSR count). The standard InChI is InChI=1S/C21H26F2N6O4/c1-24-19(31)16-13-29(26-25-16)12-15(22)6-10-28-9-5-14(18(23)21(28)33)11-17(30)20(32)27-7-3-2-4-8-27/h5,9,13,15H,2-4,6-8,10-12H2,1H3,(H,24,31). The van der Waals surface area contributed by atoms with Crippen LogP contribution in [0.3, 0.4) is 0 Å². The van der Waals surface area contributed by atoms with Gasteiger partial charge in [-0.1, -0.05) is 5.21 Å². The van der Waals surface area contributed by atoms with Crippen molar-refractivity contribution in [1.82, 2.24) is 29.8 Å². The van der Waals surface area contributed by atoms with Crippen molar-refractivity contribution in [3.8, 4) is 0 Å². The van der Waals surface area contributed by atoms with E-state index in [-0.39, 0.29) is 30.8 Å². The number of aromatic nitrogens is 4. The molecule has 0 aromatic carbocycles. The number of piperidine rings is 1. The first-order valence-corrected chi connectivity index (χ1v) is 10.8. The van der Waals surface area contributed by atoms with E-state index in [4.69, 9.17) is 0 Å². The first-order chi connectivity index (χ1) is 15.8. The Hall–Kier alpha value is -3.44. The molecule has 1 unspecified atom stereocenters. The molecular weight excluding hydrogens is 438 g/mol. The molecule has 3 heterocycles. The van der Waals surface area contributed by atoms with Crippen molar-refractivity contribution in [2.24, 2.45) is 0 Å². The number of amides is 2. The lowest BCUT2D eigenvalue weighted by atomic mass is 10.1. The molecule has 1 aliphatic rings. The average Bonchev–Trinajstić information content (AvgIpc) is 3.29. The normalized spacial score (nSPS) is 14.7. The molecule has 0 radical (unpaired) electrons. The summed E-state index contributed by atoms with van der Waals surface area (Å²) in [4.78, 5) is 49.7. The number of rotatable bonds is 9. The van der Waals surface area contributed by atoms with Gasteiger partial charge >= 0.3 is 0 Å². The highest BCUT2D eigenvalue weighted by Gasteiger charge is 2.25. The van der Waals surface area contributed by atoms with Gasteiger partial charge in [0.1, 0.15) is 6.17 Å². The maximum atomic E-state index is 14.5. The Morgan fingerprint density at radius 1 is 1.21 bits per heavy atom. The van der Waals surface area contributed by atoms with Crippen LogP contribution in [0.2, 0.25) is 0 Å². The van der Waals surface area contributed by atoms with Crippen molar-refractivity contribution in [3.63, 3.8) is 0 Å². The van der Waals surface area contributed by atoms with Crippen LogP contribution >= 0.6 is 0 Å². The molecular formula is C21H26F2N6O4. The van der Waals surface area contributed by atoms with Crippen molar-refractivity contribution < 1.29 is 23.2 Å². The summed E-state index contributed by atoms with van der Waals surface area (Å²) in [6, 6.07) is 1.26. The van der Waals surface area contributed by atoms with Gasteiger partial charge in [-0.15, -0.1) is 5.10 Å². The summed E-state index contributed by atoms with van der Waals surface area (Å²) in [5.74, 6) is -3.00. The zero-order chi connectivity index (χ0) is 24.0. The highest BCUT2D eigenvalue weighted by Crippen LogP contribution is 2.12. The van der Waals surface area contributed by atoms with Crippen LogP contribution in [0.15, 0.2) is 23.3 Å². The number of nitrogens with one attached hydrogen (secondary N) is 1. The molecule has 10 nitrogen and oxygen atoms in total. The van der Waals surface area contributed by atoms with Gasteiger partial charge in [0, 0.05) is 44.9 Å². The lowest BCUT2D eigenvalue weighted by Crippen LogP contribution is -2.40. The van der Waals surface area contributed by atoms with Crippen molar-refractivity contribution in [2.45, 2.75) is 51.4 Å². The number of ketones is 1. The number of nitrogens with zero attached hydrogens (tertiary/aromatic N) is 5. The molecule has 2 amide bonds. The quantitative estimate of drug-likeness (QED) is 0.540. The zero-order valence-corrected chi connectivity index (χ0v) is 18.3. The number of alkyl halides is 1. The predicted molar refractivity (Wildman–Crippen MR) is 113 cm³/mol. The molecule has 0 saturated carbocycles. The van der Waals surface area contributed by atoms with Gasteiger partial charge in [0.05, 0.1) is 12.7 Å². The summed E-state index contributed by atoms with van der Waals surface area (Å²) in [6.07, 6.45) is 3.20. The molecule has 1 fully saturated rings. The van der Waals surface area contributed by atoms with Gasteiger partial charge in [-0.05, 0) is 31.7 Å². The topological polar surface area (TPSA) is 119 Å². The lowest BCUT2D eigenvalue weighted by Gasteiger charge is -2.25. The fourth-order valence-corrected chi connectivity index (χ4v) is 3.61. The number of halogens is 2. The average molecular weight is 464 g/mol. The van der Waals surface area contributed by atoms with Gasteiger partial charge in [0.15, 0.2) is 11.5 Å². The van der Waals surface area contributed by atoms with Crippen LogP contribution in [0.4, 0.5) is 8.78 Å². The van der Waals surface area contributed by atoms with Crippen LogP contribution < -0.4 is 10.9 Å². The maximum Gasteiger partial charge on any atom is 0.290 e. The van der Waals surface area contributed by atoms with Gasteiger partial charge in [-0.2, -0.15) is 0 Å². The van der Waals surface area contributed by atoms with Crippen molar-refractivity contribution in [3.05, 3.63) is 45.9 Å². The SMILES string of the molecule is CNC(=O)c1cn(CC(F)CCn2ccc(CC(=O)C(=O)N3CCCCC3)c(F)c2=O)nn1. The second-order valence-corrected chi connectivity index (χ2v) is 7.90. The van der Waals surface area contributed by atoms with E-state index >= 15 is 0 Å². The number of aryl methyl sites for hydroxylation is 1. The molecule has 2 aromatic rings. The van der Waals surface area contributed by atoms with Crippen molar-refractivity contribution in [1.29, 1.82) is 0 Å². The third-order valence-electron chi connectivity index (χ3n) is 5.49. The molecule has 1 N–H and O–H groups in total. The molecule has 12 heteroatoms. The summed E-state index contributed by atoms with van der Waals surface area (Å²) in [7, 11) is 1.43. The minimum atomic E-state index is -1.43. The van der Waals surface area contributed by atoms with E-state index < -0.39 is 41.6 Å². The zero-order valence-electron chi connectivity index (χ0n) is 18.3. The van der Waals surface area contributed by atoms with E-state index in [1.54, 1.807) is 0 Å². The number of likely N-dealkylation sites (tertiary alicyclic amines) is 1. The summed E-state index contributed by atoms with van der Waals surface area (Å²) in [5, 5.41) is 9.69. The van der Waals surface area contributed by atoms with E-state index in [1.807, 2.05) is 0 Å². The molecule has 1 aliphatic heterocycles. The van der Waals surface area contributed by atoms with Crippen molar-refractivity contribution in [2.75, 3.05) is 20.1 Å². The van der Waals surface area contributed by atoms with E-state index in [2.05, 4.69) is 15.6 Å². The van der Waals surface area contributed by atoms with Crippen LogP contribution in [0, 0.1) is 5.82 Å². The minimum Gasteiger partial charge on any atom is -0.354 e. The summed E-state index contributed by atoms with van der Waals surface area (Å²) >= 11 is 0. The van der Waals surface area contributed by atoms with Crippen LogP contribution in [-0.4, -0.2) is 68.4 Å². The van der Waals surface area contributed by atoms with E-state index in [0.29, 0.717) is 13.1 Å². The van der Waals surface area contributed by atoms with E-state index in [0.717, 1.165) is 23.8 Å². The Labute approximate surface area is 188 Å². The molecule has 0 bridgehead atoms. The molecule has 1 saturated heterocycles. The first kappa shape index (κ1) is 24.2. The summed E-state index contributed by atoms with van der Waals surface area (Å²) in [6.45, 7) is 0.711. The fraction of sp³-hybridized carbons (Fsp3) is 0.524. The Kier molecular flexibility index (Phi) is 8.01. The number of pyridine rings is 1. The minimum absolute atomic E-state index is 0.0481. The molecule has 0 aliphatic carbocycles. The second-order valence-electron chi connectivity index (χ2n) is 7.90. The molecule has 2 aromatic heterocycles. The lowest BCUT2D eigenvalue weighted by molar-refractivity contribution is -0.145. The smallest absolute Gasteiger partial charge is 0.290 e. The third-order valence-corrected chi connectivity index (χ3v) is 5.49. The van der Waals surface area contributed by atoms with Gasteiger partial charge in [-0.3, -0.25) is 19.2 Å². The van der Waals surface area contributed by atoms with Crippen LogP contribution in [-0.2, 0) is 29.1 Å². The number of hydrogen-bond donors (Lipinski definition) is 1. The molecule has 0 spiro atoms. The third kappa shape index (κ3) is 6.08. The summed E-state index contributed by atoms with van der Waals surface area (Å²) in [5.41, 5.74) is -1.10. The van der Waals surface area contributed by atoms with E-state index in [1.165, 1.54) is 35.1 Å². The Morgan fingerprint density at radius 2 is 1.94 bits per heavy atom. The number of Topliss-reactive ketones (excluding diaryl/α,β-unsaturated/α-hetero) is 1. The second kappa shape index (κ2) is 10.9. The van der Waals surface area contributed by atoms with Gasteiger partial charge in [-0.25, -0.2) is 13.5 Å². The highest BCUT2D eigenvalue weighted by atomic mass is 19.1. The number of carbonyl (C=O) groups excluding carboxylic acids is 3. The fourth-order valence-electron chi connectivity index (χ4n) is 3.61.